The first-order chi connectivity index (χ1) is 9.44. The zero-order chi connectivity index (χ0) is 14.6. The first-order valence-corrected chi connectivity index (χ1v) is 7.94. The van der Waals surface area contributed by atoms with Crippen LogP contribution in [0.1, 0.15) is 58.9 Å². The third-order valence-electron chi connectivity index (χ3n) is 4.23. The minimum atomic E-state index is 0.240. The predicted molar refractivity (Wildman–Crippen MR) is 85.1 cm³/mol. The Morgan fingerprint density at radius 2 is 1.75 bits per heavy atom. The lowest BCUT2D eigenvalue weighted by Gasteiger charge is -2.34. The van der Waals surface area contributed by atoms with Gasteiger partial charge in [0.25, 0.3) is 0 Å². The molecular weight excluding hydrogens is 246 g/mol. The van der Waals surface area contributed by atoms with E-state index in [1.165, 1.54) is 31.2 Å². The highest BCUT2D eigenvalue weighted by molar-refractivity contribution is 5.27. The maximum atomic E-state index is 5.67. The Balaban J connectivity index is 1.77. The van der Waals surface area contributed by atoms with Crippen molar-refractivity contribution in [2.75, 3.05) is 0 Å². The fourth-order valence-electron chi connectivity index (χ4n) is 2.82. The average Bonchev–Trinajstić information content (AvgIpc) is 2.38. The Morgan fingerprint density at radius 1 is 1.15 bits per heavy atom. The van der Waals surface area contributed by atoms with Crippen LogP contribution in [0, 0.1) is 5.41 Å². The van der Waals surface area contributed by atoms with E-state index in [2.05, 4.69) is 57.3 Å². The van der Waals surface area contributed by atoms with Crippen molar-refractivity contribution >= 4 is 0 Å². The molecule has 0 saturated heterocycles. The van der Waals surface area contributed by atoms with Gasteiger partial charge < -0.3 is 10.1 Å². The van der Waals surface area contributed by atoms with Gasteiger partial charge >= 0.3 is 0 Å². The van der Waals surface area contributed by atoms with Gasteiger partial charge in [0.15, 0.2) is 0 Å². The monoisotopic (exact) mass is 275 g/mol. The summed E-state index contributed by atoms with van der Waals surface area (Å²) in [6.07, 6.45) is 5.53. The molecule has 1 fully saturated rings. The first-order valence-electron chi connectivity index (χ1n) is 7.94. The number of nitrogens with one attached hydrogen (secondary N) is 1. The van der Waals surface area contributed by atoms with E-state index in [9.17, 15) is 0 Å². The molecular formula is C18H29NO. The minimum Gasteiger partial charge on any atom is -0.491 e. The zero-order valence-electron chi connectivity index (χ0n) is 13.4. The molecule has 0 heterocycles. The molecule has 1 aromatic carbocycles. The maximum absolute atomic E-state index is 5.67. The minimum absolute atomic E-state index is 0.240. The molecule has 0 amide bonds. The van der Waals surface area contributed by atoms with Crippen molar-refractivity contribution in [2.24, 2.45) is 5.41 Å². The summed E-state index contributed by atoms with van der Waals surface area (Å²) in [6.45, 7) is 9.85. The number of hydrogen-bond acceptors (Lipinski definition) is 2. The lowest BCUT2D eigenvalue weighted by Crippen LogP contribution is -2.35. The molecule has 20 heavy (non-hydrogen) atoms. The van der Waals surface area contributed by atoms with Crippen LogP contribution in [0.4, 0.5) is 0 Å². The van der Waals surface area contributed by atoms with Gasteiger partial charge in [-0.15, -0.1) is 0 Å². The van der Waals surface area contributed by atoms with Crippen LogP contribution < -0.4 is 10.1 Å². The molecule has 2 nitrogen and oxygen atoms in total. The average molecular weight is 275 g/mol. The number of hydrogen-bond donors (Lipinski definition) is 1. The van der Waals surface area contributed by atoms with Crippen LogP contribution in [0.25, 0.3) is 0 Å². The van der Waals surface area contributed by atoms with Crippen LogP contribution in [0.2, 0.25) is 0 Å². The summed E-state index contributed by atoms with van der Waals surface area (Å²) in [5.74, 6) is 0.961. The van der Waals surface area contributed by atoms with E-state index in [1.54, 1.807) is 0 Å². The van der Waals surface area contributed by atoms with Gasteiger partial charge in [0, 0.05) is 12.6 Å². The Labute approximate surface area is 123 Å². The Morgan fingerprint density at radius 3 is 2.30 bits per heavy atom. The molecule has 2 heteroatoms. The highest BCUT2D eigenvalue weighted by Gasteiger charge is 2.26. The molecule has 1 N–H and O–H groups in total. The number of rotatable bonds is 5. The summed E-state index contributed by atoms with van der Waals surface area (Å²) in [5, 5.41) is 3.70. The van der Waals surface area contributed by atoms with E-state index < -0.39 is 0 Å². The van der Waals surface area contributed by atoms with Crippen LogP contribution in [0.5, 0.6) is 5.75 Å². The van der Waals surface area contributed by atoms with Crippen molar-refractivity contribution in [3.05, 3.63) is 29.8 Å². The van der Waals surface area contributed by atoms with E-state index in [-0.39, 0.29) is 6.10 Å². The summed E-state index contributed by atoms with van der Waals surface area (Å²) in [4.78, 5) is 0. The Kier molecular flexibility index (Phi) is 5.09. The molecule has 0 atom stereocenters. The molecule has 112 valence electrons. The topological polar surface area (TPSA) is 21.3 Å². The first kappa shape index (κ1) is 15.4. The van der Waals surface area contributed by atoms with E-state index in [4.69, 9.17) is 4.74 Å². The summed E-state index contributed by atoms with van der Waals surface area (Å²) < 4.78 is 5.67. The molecule has 2 rings (SSSR count). The van der Waals surface area contributed by atoms with Crippen LogP contribution in [0.3, 0.4) is 0 Å². The second-order valence-corrected chi connectivity index (χ2v) is 7.13. The fraction of sp³-hybridized carbons (Fsp3) is 0.667. The van der Waals surface area contributed by atoms with Gasteiger partial charge in [0.1, 0.15) is 5.75 Å². The molecule has 0 bridgehead atoms. The van der Waals surface area contributed by atoms with Crippen molar-refractivity contribution in [1.82, 2.24) is 5.32 Å². The van der Waals surface area contributed by atoms with Gasteiger partial charge in [-0.2, -0.15) is 0 Å². The molecule has 0 aromatic heterocycles. The van der Waals surface area contributed by atoms with Crippen molar-refractivity contribution < 1.29 is 4.74 Å². The molecule has 1 aromatic rings. The third-order valence-corrected chi connectivity index (χ3v) is 4.23. The number of benzene rings is 1. The van der Waals surface area contributed by atoms with Gasteiger partial charge in [-0.05, 0) is 62.6 Å². The van der Waals surface area contributed by atoms with Crippen molar-refractivity contribution in [2.45, 2.75) is 72.1 Å². The van der Waals surface area contributed by atoms with E-state index in [0.29, 0.717) is 11.5 Å². The Hall–Kier alpha value is -1.02. The quantitative estimate of drug-likeness (QED) is 0.852. The van der Waals surface area contributed by atoms with E-state index in [0.717, 1.165) is 12.3 Å². The van der Waals surface area contributed by atoms with Gasteiger partial charge in [-0.1, -0.05) is 26.0 Å². The summed E-state index contributed by atoms with van der Waals surface area (Å²) in [6, 6.07) is 9.16. The van der Waals surface area contributed by atoms with Crippen molar-refractivity contribution in [3.8, 4) is 5.75 Å². The predicted octanol–water partition coefficient (Wildman–Crippen LogP) is 4.53. The van der Waals surface area contributed by atoms with Gasteiger partial charge in [-0.25, -0.2) is 0 Å². The van der Waals surface area contributed by atoms with Crippen LogP contribution in [0.15, 0.2) is 24.3 Å². The van der Waals surface area contributed by atoms with Crippen molar-refractivity contribution in [1.29, 1.82) is 0 Å². The molecule has 0 spiro atoms. The second kappa shape index (κ2) is 6.62. The highest BCUT2D eigenvalue weighted by Crippen LogP contribution is 2.35. The molecule has 0 radical (unpaired) electrons. The standard InChI is InChI=1S/C18H29NO/c1-14(2)20-17-7-5-15(6-8-17)13-19-16-9-11-18(3,4)12-10-16/h5-8,14,16,19H,9-13H2,1-4H3. The number of ether oxygens (including phenoxy) is 1. The largest absolute Gasteiger partial charge is 0.491 e. The van der Waals surface area contributed by atoms with Crippen LogP contribution >= 0.6 is 0 Å². The fourth-order valence-corrected chi connectivity index (χ4v) is 2.82. The molecule has 1 aliphatic rings. The lowest BCUT2D eigenvalue weighted by molar-refractivity contribution is 0.206. The van der Waals surface area contributed by atoms with Crippen LogP contribution in [-0.2, 0) is 6.54 Å². The second-order valence-electron chi connectivity index (χ2n) is 7.13. The van der Waals surface area contributed by atoms with Crippen LogP contribution in [-0.4, -0.2) is 12.1 Å². The van der Waals surface area contributed by atoms with E-state index in [1.807, 2.05) is 0 Å². The lowest BCUT2D eigenvalue weighted by atomic mass is 9.75. The van der Waals surface area contributed by atoms with Gasteiger partial charge in [-0.3, -0.25) is 0 Å². The third kappa shape index (κ3) is 4.82. The zero-order valence-corrected chi connectivity index (χ0v) is 13.4. The van der Waals surface area contributed by atoms with E-state index >= 15 is 0 Å². The van der Waals surface area contributed by atoms with Gasteiger partial charge in [0.05, 0.1) is 6.10 Å². The van der Waals surface area contributed by atoms with Gasteiger partial charge in [0.2, 0.25) is 0 Å². The maximum Gasteiger partial charge on any atom is 0.119 e. The molecule has 1 saturated carbocycles. The highest BCUT2D eigenvalue weighted by atomic mass is 16.5. The SMILES string of the molecule is CC(C)Oc1ccc(CNC2CCC(C)(C)CC2)cc1. The molecule has 0 unspecified atom stereocenters. The summed E-state index contributed by atoms with van der Waals surface area (Å²) >= 11 is 0. The smallest absolute Gasteiger partial charge is 0.119 e. The summed E-state index contributed by atoms with van der Waals surface area (Å²) in [7, 11) is 0. The van der Waals surface area contributed by atoms with Crippen molar-refractivity contribution in [3.63, 3.8) is 0 Å². The Bertz CT molecular complexity index is 398. The molecule has 1 aliphatic carbocycles. The summed E-state index contributed by atoms with van der Waals surface area (Å²) in [5.41, 5.74) is 1.89. The normalized spacial score (nSPS) is 19.2. The molecule has 0 aliphatic heterocycles.